The Hall–Kier alpha value is -0.360. The molecule has 3 heteroatoms. The van der Waals surface area contributed by atoms with E-state index in [4.69, 9.17) is 5.26 Å². The van der Waals surface area contributed by atoms with Gasteiger partial charge in [-0.05, 0) is 12.8 Å². The topological polar surface area (TPSA) is 40.9 Å². The van der Waals surface area contributed by atoms with Crippen LogP contribution in [0.15, 0.2) is 0 Å². The zero-order valence-corrected chi connectivity index (χ0v) is 9.02. The molecule has 0 amide bonds. The lowest BCUT2D eigenvalue weighted by atomic mass is 10.2. The largest absolute Gasteiger partial charge is 0.259 e. The first-order chi connectivity index (χ1) is 5.50. The quantitative estimate of drug-likeness (QED) is 0.676. The number of rotatable bonds is 4. The highest BCUT2D eigenvalue weighted by atomic mass is 32.2. The highest BCUT2D eigenvalue weighted by Gasteiger charge is 2.20. The molecule has 0 rings (SSSR count). The van der Waals surface area contributed by atoms with Crippen molar-refractivity contribution in [1.29, 1.82) is 5.26 Å². The van der Waals surface area contributed by atoms with Crippen molar-refractivity contribution in [2.75, 3.05) is 0 Å². The molecular formula is C9H17NOS. The van der Waals surface area contributed by atoms with E-state index in [0.717, 1.165) is 0 Å². The average molecular weight is 187 g/mol. The Morgan fingerprint density at radius 2 is 1.83 bits per heavy atom. The van der Waals surface area contributed by atoms with Crippen molar-refractivity contribution in [3.05, 3.63) is 0 Å². The molecule has 0 heterocycles. The van der Waals surface area contributed by atoms with Crippen LogP contribution in [0.1, 0.15) is 34.1 Å². The van der Waals surface area contributed by atoms with Crippen LogP contribution in [0.3, 0.4) is 0 Å². The predicted octanol–water partition coefficient (Wildman–Crippen LogP) is 2.08. The molecular weight excluding hydrogens is 170 g/mol. The van der Waals surface area contributed by atoms with Gasteiger partial charge in [0.15, 0.2) is 0 Å². The zero-order valence-electron chi connectivity index (χ0n) is 8.20. The lowest BCUT2D eigenvalue weighted by Gasteiger charge is -2.18. The number of nitriles is 1. The van der Waals surface area contributed by atoms with E-state index in [2.05, 4.69) is 13.8 Å². The first-order valence-corrected chi connectivity index (χ1v) is 5.54. The summed E-state index contributed by atoms with van der Waals surface area (Å²) in [6.07, 6.45) is 0.393. The molecule has 70 valence electrons. The maximum absolute atomic E-state index is 11.6. The maximum atomic E-state index is 11.6. The summed E-state index contributed by atoms with van der Waals surface area (Å²) < 4.78 is 11.6. The fraction of sp³-hybridized carbons (Fsp3) is 0.889. The van der Waals surface area contributed by atoms with Gasteiger partial charge in [0, 0.05) is 27.7 Å². The third kappa shape index (κ3) is 3.36. The van der Waals surface area contributed by atoms with Crippen LogP contribution in [0.2, 0.25) is 0 Å². The fourth-order valence-corrected chi connectivity index (χ4v) is 2.35. The molecule has 0 saturated heterocycles. The predicted molar refractivity (Wildman–Crippen MR) is 52.1 cm³/mol. The lowest BCUT2D eigenvalue weighted by molar-refractivity contribution is 0.598. The Balaban J connectivity index is 4.11. The van der Waals surface area contributed by atoms with Crippen LogP contribution in [0.25, 0.3) is 0 Å². The molecule has 2 nitrogen and oxygen atoms in total. The van der Waals surface area contributed by atoms with Gasteiger partial charge in [-0.25, -0.2) is 0 Å². The molecule has 0 aliphatic heterocycles. The molecule has 0 fully saturated rings. The van der Waals surface area contributed by atoms with Gasteiger partial charge in [0.05, 0.1) is 6.07 Å². The molecule has 0 aromatic heterocycles. The van der Waals surface area contributed by atoms with Crippen molar-refractivity contribution in [2.45, 2.75) is 44.6 Å². The fourth-order valence-electron chi connectivity index (χ4n) is 0.845. The van der Waals surface area contributed by atoms with Crippen molar-refractivity contribution in [3.63, 3.8) is 0 Å². The molecule has 3 atom stereocenters. The van der Waals surface area contributed by atoms with Crippen LogP contribution in [-0.4, -0.2) is 14.7 Å². The van der Waals surface area contributed by atoms with E-state index >= 15 is 0 Å². The Kier molecular flexibility index (Phi) is 5.16. The van der Waals surface area contributed by atoms with Gasteiger partial charge in [0.2, 0.25) is 0 Å². The Morgan fingerprint density at radius 3 is 2.17 bits per heavy atom. The Bertz CT molecular complexity index is 195. The lowest BCUT2D eigenvalue weighted by Crippen LogP contribution is -2.25. The van der Waals surface area contributed by atoms with Gasteiger partial charge in [0.1, 0.15) is 0 Å². The molecule has 0 aromatic rings. The minimum Gasteiger partial charge on any atom is -0.259 e. The van der Waals surface area contributed by atoms with Crippen LogP contribution in [0.5, 0.6) is 0 Å². The summed E-state index contributed by atoms with van der Waals surface area (Å²) in [5.74, 6) is 0.423. The minimum atomic E-state index is -0.862. The number of hydrogen-bond donors (Lipinski definition) is 0. The van der Waals surface area contributed by atoms with Crippen molar-refractivity contribution >= 4 is 10.8 Å². The minimum absolute atomic E-state index is 0.00685. The smallest absolute Gasteiger partial charge is 0.0634 e. The van der Waals surface area contributed by atoms with E-state index < -0.39 is 10.8 Å². The van der Waals surface area contributed by atoms with Crippen molar-refractivity contribution in [3.8, 4) is 6.07 Å². The second-order valence-corrected chi connectivity index (χ2v) is 5.66. The summed E-state index contributed by atoms with van der Waals surface area (Å²) in [4.78, 5) is 0. The van der Waals surface area contributed by atoms with Gasteiger partial charge >= 0.3 is 0 Å². The molecule has 12 heavy (non-hydrogen) atoms. The summed E-state index contributed by atoms with van der Waals surface area (Å²) in [7, 11) is -0.862. The normalized spacial score (nSPS) is 18.3. The molecule has 0 aromatic carbocycles. The third-order valence-electron chi connectivity index (χ3n) is 2.08. The molecule has 0 radical (unpaired) electrons. The molecule has 0 N–H and O–H groups in total. The van der Waals surface area contributed by atoms with E-state index in [-0.39, 0.29) is 10.5 Å². The SMILES string of the molecule is CC(C)C(C)S(=O)C(C)CC#N. The maximum Gasteiger partial charge on any atom is 0.0634 e. The summed E-state index contributed by atoms with van der Waals surface area (Å²) in [6.45, 7) is 7.97. The second-order valence-electron chi connectivity index (χ2n) is 3.45. The highest BCUT2D eigenvalue weighted by Crippen LogP contribution is 2.14. The Morgan fingerprint density at radius 1 is 1.33 bits per heavy atom. The summed E-state index contributed by atoms with van der Waals surface area (Å²) in [5, 5.41) is 8.62. The van der Waals surface area contributed by atoms with E-state index in [0.29, 0.717) is 12.3 Å². The van der Waals surface area contributed by atoms with Crippen LogP contribution in [-0.2, 0) is 10.8 Å². The van der Waals surface area contributed by atoms with Crippen LogP contribution in [0, 0.1) is 17.2 Å². The van der Waals surface area contributed by atoms with Gasteiger partial charge < -0.3 is 0 Å². The van der Waals surface area contributed by atoms with Gasteiger partial charge in [-0.2, -0.15) is 5.26 Å². The monoisotopic (exact) mass is 187 g/mol. The zero-order chi connectivity index (χ0) is 9.72. The van der Waals surface area contributed by atoms with Gasteiger partial charge in [-0.15, -0.1) is 0 Å². The first kappa shape index (κ1) is 11.6. The van der Waals surface area contributed by atoms with E-state index in [1.807, 2.05) is 19.9 Å². The van der Waals surface area contributed by atoms with E-state index in [1.54, 1.807) is 0 Å². The average Bonchev–Trinajstić information content (AvgIpc) is 2.02. The third-order valence-corrected chi connectivity index (χ3v) is 4.32. The molecule has 0 aliphatic rings. The van der Waals surface area contributed by atoms with Gasteiger partial charge in [0.25, 0.3) is 0 Å². The molecule has 0 aliphatic carbocycles. The van der Waals surface area contributed by atoms with Crippen molar-refractivity contribution in [2.24, 2.45) is 5.92 Å². The van der Waals surface area contributed by atoms with E-state index in [9.17, 15) is 4.21 Å². The van der Waals surface area contributed by atoms with Gasteiger partial charge in [-0.1, -0.05) is 20.8 Å². The molecule has 3 unspecified atom stereocenters. The number of nitrogens with zero attached hydrogens (tertiary/aromatic N) is 1. The first-order valence-electron chi connectivity index (χ1n) is 4.27. The molecule has 0 spiro atoms. The van der Waals surface area contributed by atoms with Crippen LogP contribution < -0.4 is 0 Å². The van der Waals surface area contributed by atoms with Crippen LogP contribution >= 0.6 is 0 Å². The molecule has 0 saturated carbocycles. The second kappa shape index (κ2) is 5.31. The summed E-state index contributed by atoms with van der Waals surface area (Å²) in [6, 6.07) is 2.05. The number of hydrogen-bond acceptors (Lipinski definition) is 2. The van der Waals surface area contributed by atoms with Crippen molar-refractivity contribution < 1.29 is 4.21 Å². The molecule has 0 bridgehead atoms. The van der Waals surface area contributed by atoms with Gasteiger partial charge in [-0.3, -0.25) is 4.21 Å². The standard InChI is InChI=1S/C9H17NOS/c1-7(2)9(4)12(11)8(3)5-6-10/h7-9H,5H2,1-4H3. The summed E-state index contributed by atoms with van der Waals surface area (Å²) in [5.41, 5.74) is 0. The Labute approximate surface area is 77.4 Å². The van der Waals surface area contributed by atoms with Crippen LogP contribution in [0.4, 0.5) is 0 Å². The van der Waals surface area contributed by atoms with E-state index in [1.165, 1.54) is 0 Å². The highest BCUT2D eigenvalue weighted by molar-refractivity contribution is 7.86. The van der Waals surface area contributed by atoms with Crippen molar-refractivity contribution in [1.82, 2.24) is 0 Å². The summed E-state index contributed by atoms with van der Waals surface area (Å²) >= 11 is 0.